The van der Waals surface area contributed by atoms with Gasteiger partial charge in [0.25, 0.3) is 5.91 Å². The summed E-state index contributed by atoms with van der Waals surface area (Å²) in [7, 11) is 3.29. The van der Waals surface area contributed by atoms with Crippen LogP contribution in [0.4, 0.5) is 10.5 Å². The number of aromatic nitrogens is 4. The van der Waals surface area contributed by atoms with Gasteiger partial charge in [-0.2, -0.15) is 5.10 Å². The summed E-state index contributed by atoms with van der Waals surface area (Å²) in [6, 6.07) is 1.17. The molecule has 0 saturated heterocycles. The molecule has 0 radical (unpaired) electrons. The number of carbonyl (C=O) groups excluding carboxylic acids is 2. The highest BCUT2D eigenvalue weighted by molar-refractivity contribution is 6.33. The van der Waals surface area contributed by atoms with Crippen LogP contribution in [-0.2, 0) is 5.41 Å². The molecule has 0 fully saturated rings. The summed E-state index contributed by atoms with van der Waals surface area (Å²) in [4.78, 5) is 36.1. The van der Waals surface area contributed by atoms with Crippen molar-refractivity contribution in [2.45, 2.75) is 26.2 Å². The SMILES string of the molecule is Cc1nc2c3c(cnn2c1-c1cnc(C(=O)N(C)C)c(Cl)c1)N(C(N)=O)CC3(C)C. The van der Waals surface area contributed by atoms with Crippen molar-refractivity contribution < 1.29 is 9.59 Å². The molecule has 0 spiro atoms. The Hall–Kier alpha value is -3.20. The van der Waals surface area contributed by atoms with Crippen LogP contribution >= 0.6 is 11.6 Å². The number of fused-ring (bicyclic) bond motifs is 3. The van der Waals surface area contributed by atoms with Gasteiger partial charge in [0.1, 0.15) is 5.69 Å². The number of nitrogens with zero attached hydrogens (tertiary/aromatic N) is 6. The summed E-state index contributed by atoms with van der Waals surface area (Å²) in [6.07, 6.45) is 3.22. The number of hydrogen-bond donors (Lipinski definition) is 1. The molecule has 0 bridgehead atoms. The number of pyridine rings is 1. The predicted molar refractivity (Wildman–Crippen MR) is 114 cm³/mol. The Morgan fingerprint density at radius 3 is 2.57 bits per heavy atom. The number of hydrogen-bond acceptors (Lipinski definition) is 5. The molecular formula is C20H22ClN7O2. The first-order valence-electron chi connectivity index (χ1n) is 9.36. The van der Waals surface area contributed by atoms with Crippen molar-refractivity contribution in [1.29, 1.82) is 0 Å². The number of primary amides is 1. The number of nitrogens with two attached hydrogens (primary N) is 1. The van der Waals surface area contributed by atoms with Crippen LogP contribution in [0.1, 0.15) is 35.6 Å². The van der Waals surface area contributed by atoms with Crippen molar-refractivity contribution in [3.63, 3.8) is 0 Å². The Morgan fingerprint density at radius 1 is 1.27 bits per heavy atom. The maximum Gasteiger partial charge on any atom is 0.319 e. The third-order valence-corrected chi connectivity index (χ3v) is 5.60. The van der Waals surface area contributed by atoms with Gasteiger partial charge in [-0.25, -0.2) is 19.3 Å². The zero-order valence-corrected chi connectivity index (χ0v) is 18.2. The van der Waals surface area contributed by atoms with Crippen LogP contribution < -0.4 is 10.6 Å². The van der Waals surface area contributed by atoms with Crippen molar-refractivity contribution in [3.05, 3.63) is 40.4 Å². The van der Waals surface area contributed by atoms with Gasteiger partial charge in [0.15, 0.2) is 5.65 Å². The van der Waals surface area contributed by atoms with E-state index in [4.69, 9.17) is 22.3 Å². The Balaban J connectivity index is 1.91. The largest absolute Gasteiger partial charge is 0.351 e. The number of carbonyl (C=O) groups is 2. The lowest BCUT2D eigenvalue weighted by molar-refractivity contribution is 0.0822. The van der Waals surface area contributed by atoms with Gasteiger partial charge in [0, 0.05) is 43.4 Å². The zero-order valence-electron chi connectivity index (χ0n) is 17.4. The normalized spacial score (nSPS) is 14.8. The van der Waals surface area contributed by atoms with E-state index in [1.807, 2.05) is 20.8 Å². The second-order valence-corrected chi connectivity index (χ2v) is 8.66. The van der Waals surface area contributed by atoms with E-state index in [0.29, 0.717) is 23.4 Å². The van der Waals surface area contributed by atoms with Crippen molar-refractivity contribution in [3.8, 4) is 11.3 Å². The van der Waals surface area contributed by atoms with Gasteiger partial charge < -0.3 is 10.6 Å². The minimum Gasteiger partial charge on any atom is -0.351 e. The molecule has 156 valence electrons. The fourth-order valence-corrected chi connectivity index (χ4v) is 4.21. The molecular weight excluding hydrogens is 406 g/mol. The minimum atomic E-state index is -0.520. The standard InChI is InChI=1S/C20H22ClN7O2/c1-10-16(11-6-12(21)15(23-7-11)18(29)26(4)5)28-17(25-10)14-13(8-24-28)27(19(22)30)9-20(14,2)3/h6-8H,9H2,1-5H3,(H2,22,30). The monoisotopic (exact) mass is 427 g/mol. The van der Waals surface area contributed by atoms with E-state index in [1.165, 1.54) is 9.80 Å². The van der Waals surface area contributed by atoms with Gasteiger partial charge in [-0.15, -0.1) is 0 Å². The highest BCUT2D eigenvalue weighted by atomic mass is 35.5. The lowest BCUT2D eigenvalue weighted by Crippen LogP contribution is -2.37. The molecule has 1 aliphatic rings. The predicted octanol–water partition coefficient (Wildman–Crippen LogP) is 2.63. The Bertz CT molecular complexity index is 1220. The maximum absolute atomic E-state index is 12.2. The fraction of sp³-hybridized carbons (Fsp3) is 0.350. The Labute approximate surface area is 178 Å². The molecule has 4 heterocycles. The molecule has 0 saturated carbocycles. The van der Waals surface area contributed by atoms with E-state index < -0.39 is 6.03 Å². The molecule has 2 N–H and O–H groups in total. The third kappa shape index (κ3) is 2.88. The molecule has 0 aliphatic carbocycles. The average Bonchev–Trinajstić information content (AvgIpc) is 3.13. The number of amides is 3. The van der Waals surface area contributed by atoms with E-state index in [2.05, 4.69) is 10.1 Å². The molecule has 3 aromatic heterocycles. The first kappa shape index (κ1) is 20.1. The first-order chi connectivity index (χ1) is 14.0. The molecule has 10 heteroatoms. The third-order valence-electron chi connectivity index (χ3n) is 5.31. The molecule has 3 aromatic rings. The van der Waals surface area contributed by atoms with Gasteiger partial charge in [0.05, 0.1) is 28.3 Å². The van der Waals surface area contributed by atoms with Crippen LogP contribution in [0.5, 0.6) is 0 Å². The number of halogens is 1. The molecule has 0 unspecified atom stereocenters. The zero-order chi connectivity index (χ0) is 22.0. The Morgan fingerprint density at radius 2 is 1.97 bits per heavy atom. The average molecular weight is 428 g/mol. The van der Waals surface area contributed by atoms with Crippen LogP contribution in [-0.4, -0.2) is 57.1 Å². The van der Waals surface area contributed by atoms with Gasteiger partial charge in [-0.1, -0.05) is 25.4 Å². The summed E-state index contributed by atoms with van der Waals surface area (Å²) in [6.45, 7) is 6.41. The fourth-order valence-electron chi connectivity index (χ4n) is 3.96. The van der Waals surface area contributed by atoms with E-state index in [0.717, 1.165) is 17.0 Å². The van der Waals surface area contributed by atoms with Gasteiger partial charge >= 0.3 is 6.03 Å². The molecule has 0 aromatic carbocycles. The summed E-state index contributed by atoms with van der Waals surface area (Å²) in [5, 5.41) is 4.77. The van der Waals surface area contributed by atoms with Crippen LogP contribution in [0.15, 0.2) is 18.5 Å². The summed E-state index contributed by atoms with van der Waals surface area (Å²) in [5.41, 5.74) is 9.76. The molecule has 30 heavy (non-hydrogen) atoms. The van der Waals surface area contributed by atoms with Crippen molar-refractivity contribution in [2.75, 3.05) is 25.5 Å². The molecule has 9 nitrogen and oxygen atoms in total. The van der Waals surface area contributed by atoms with Crippen LogP contribution in [0.25, 0.3) is 16.9 Å². The quantitative estimate of drug-likeness (QED) is 0.676. The number of anilines is 1. The van der Waals surface area contributed by atoms with Crippen molar-refractivity contribution >= 4 is 34.9 Å². The first-order valence-corrected chi connectivity index (χ1v) is 9.74. The summed E-state index contributed by atoms with van der Waals surface area (Å²) >= 11 is 6.36. The van der Waals surface area contributed by atoms with E-state index >= 15 is 0 Å². The minimum absolute atomic E-state index is 0.184. The number of urea groups is 1. The summed E-state index contributed by atoms with van der Waals surface area (Å²) < 4.78 is 1.72. The smallest absolute Gasteiger partial charge is 0.319 e. The van der Waals surface area contributed by atoms with E-state index in [-0.39, 0.29) is 22.0 Å². The topological polar surface area (TPSA) is 110 Å². The lowest BCUT2D eigenvalue weighted by Gasteiger charge is -2.18. The van der Waals surface area contributed by atoms with E-state index in [1.54, 1.807) is 37.1 Å². The number of aryl methyl sites for hydroxylation is 1. The molecule has 1 aliphatic heterocycles. The van der Waals surface area contributed by atoms with Crippen molar-refractivity contribution in [2.24, 2.45) is 5.73 Å². The maximum atomic E-state index is 12.2. The lowest BCUT2D eigenvalue weighted by atomic mass is 9.88. The second-order valence-electron chi connectivity index (χ2n) is 8.25. The van der Waals surface area contributed by atoms with Crippen LogP contribution in [0.3, 0.4) is 0 Å². The number of rotatable bonds is 2. The second kappa shape index (κ2) is 6.66. The van der Waals surface area contributed by atoms with Gasteiger partial charge in [0.2, 0.25) is 0 Å². The molecule has 4 rings (SSSR count). The highest BCUT2D eigenvalue weighted by Crippen LogP contribution is 2.43. The molecule has 0 atom stereocenters. The van der Waals surface area contributed by atoms with Gasteiger partial charge in [-0.05, 0) is 13.0 Å². The van der Waals surface area contributed by atoms with Crippen LogP contribution in [0, 0.1) is 6.92 Å². The highest BCUT2D eigenvalue weighted by Gasteiger charge is 2.40. The van der Waals surface area contributed by atoms with E-state index in [9.17, 15) is 9.59 Å². The van der Waals surface area contributed by atoms with Crippen molar-refractivity contribution in [1.82, 2.24) is 24.5 Å². The molecule has 3 amide bonds. The van der Waals surface area contributed by atoms with Crippen LogP contribution in [0.2, 0.25) is 5.02 Å². The Kier molecular flexibility index (Phi) is 4.46. The number of imidazole rings is 1. The van der Waals surface area contributed by atoms with Gasteiger partial charge in [-0.3, -0.25) is 9.69 Å². The summed E-state index contributed by atoms with van der Waals surface area (Å²) in [5.74, 6) is -0.273.